The number of alkyl halides is 4. The van der Waals surface area contributed by atoms with Crippen LogP contribution in [0.25, 0.3) is 0 Å². The molecule has 0 saturated heterocycles. The summed E-state index contributed by atoms with van der Waals surface area (Å²) in [6, 6.07) is 8.14. The number of carbonyl (C=O) groups is 1. The molecule has 0 unspecified atom stereocenters. The minimum absolute atomic E-state index is 0.201. The van der Waals surface area contributed by atoms with Crippen molar-refractivity contribution in [2.75, 3.05) is 25.5 Å². The van der Waals surface area contributed by atoms with Gasteiger partial charge >= 0.3 is 11.8 Å². The van der Waals surface area contributed by atoms with E-state index in [2.05, 4.69) is 0 Å². The molecule has 0 aliphatic heterocycles. The molecule has 13 heteroatoms. The highest BCUT2D eigenvalue weighted by Crippen LogP contribution is 2.39. The Hall–Kier alpha value is -3.61. The fraction of sp³-hybridized carbons (Fsp3) is 0.316. The lowest BCUT2D eigenvalue weighted by Crippen LogP contribution is -2.50. The number of primary amides is 1. The SMILES string of the molecule is COc1ccc(COc2cc(C(N)=O)cc([N+](=O)[O-])c2NCC(F)(F)C(F)(F)CN)cc1. The number of nitro groups is 1. The monoisotopic (exact) mass is 460 g/mol. The van der Waals surface area contributed by atoms with Gasteiger partial charge in [0.25, 0.3) is 5.69 Å². The highest BCUT2D eigenvalue weighted by Gasteiger charge is 2.55. The molecule has 174 valence electrons. The van der Waals surface area contributed by atoms with Crippen molar-refractivity contribution in [2.24, 2.45) is 11.5 Å². The number of nitrogens with two attached hydrogens (primary N) is 2. The van der Waals surface area contributed by atoms with Crippen LogP contribution in [-0.4, -0.2) is 42.9 Å². The Balaban J connectivity index is 2.42. The Bertz CT molecular complexity index is 986. The van der Waals surface area contributed by atoms with Gasteiger partial charge in [0.15, 0.2) is 11.4 Å². The van der Waals surface area contributed by atoms with E-state index in [0.717, 1.165) is 12.1 Å². The fourth-order valence-electron chi connectivity index (χ4n) is 2.54. The van der Waals surface area contributed by atoms with E-state index in [9.17, 15) is 32.5 Å². The maximum Gasteiger partial charge on any atom is 0.328 e. The van der Waals surface area contributed by atoms with Crippen LogP contribution in [0, 0.1) is 10.1 Å². The predicted molar refractivity (Wildman–Crippen MR) is 106 cm³/mol. The van der Waals surface area contributed by atoms with Crippen molar-refractivity contribution in [3.63, 3.8) is 0 Å². The third-order valence-corrected chi connectivity index (χ3v) is 4.39. The van der Waals surface area contributed by atoms with Crippen LogP contribution >= 0.6 is 0 Å². The first-order valence-electron chi connectivity index (χ1n) is 8.99. The van der Waals surface area contributed by atoms with Crippen LogP contribution < -0.4 is 26.3 Å². The second kappa shape index (κ2) is 9.68. The molecular formula is C19H20F4N4O5. The highest BCUT2D eigenvalue weighted by atomic mass is 19.3. The van der Waals surface area contributed by atoms with E-state index in [-0.39, 0.29) is 12.2 Å². The topological polar surface area (TPSA) is 143 Å². The fourth-order valence-corrected chi connectivity index (χ4v) is 2.54. The van der Waals surface area contributed by atoms with Gasteiger partial charge in [-0.1, -0.05) is 12.1 Å². The zero-order valence-corrected chi connectivity index (χ0v) is 16.7. The number of hydrogen-bond donors (Lipinski definition) is 3. The number of nitrogens with one attached hydrogen (secondary N) is 1. The lowest BCUT2D eigenvalue weighted by molar-refractivity contribution is -0.384. The number of nitrogens with zero attached hydrogens (tertiary/aromatic N) is 1. The van der Waals surface area contributed by atoms with Gasteiger partial charge in [-0.15, -0.1) is 0 Å². The molecule has 0 aromatic heterocycles. The van der Waals surface area contributed by atoms with E-state index in [4.69, 9.17) is 20.9 Å². The van der Waals surface area contributed by atoms with Gasteiger partial charge in [0.2, 0.25) is 5.91 Å². The third-order valence-electron chi connectivity index (χ3n) is 4.39. The molecule has 2 rings (SSSR count). The van der Waals surface area contributed by atoms with Crippen molar-refractivity contribution in [1.82, 2.24) is 0 Å². The quantitative estimate of drug-likeness (QED) is 0.266. The van der Waals surface area contributed by atoms with Crippen LogP contribution in [0.5, 0.6) is 11.5 Å². The Morgan fingerprint density at radius 1 is 1.16 bits per heavy atom. The number of methoxy groups -OCH3 is 1. The van der Waals surface area contributed by atoms with E-state index in [0.29, 0.717) is 11.3 Å². The van der Waals surface area contributed by atoms with Gasteiger partial charge < -0.3 is 26.3 Å². The number of ether oxygens (including phenoxy) is 2. The lowest BCUT2D eigenvalue weighted by Gasteiger charge is -2.26. The second-order valence-corrected chi connectivity index (χ2v) is 6.59. The largest absolute Gasteiger partial charge is 0.497 e. The van der Waals surface area contributed by atoms with Crippen molar-refractivity contribution < 1.29 is 36.8 Å². The molecule has 32 heavy (non-hydrogen) atoms. The van der Waals surface area contributed by atoms with Gasteiger partial charge in [-0.3, -0.25) is 14.9 Å². The summed E-state index contributed by atoms with van der Waals surface area (Å²) in [5.74, 6) is -10.1. The molecule has 0 radical (unpaired) electrons. The number of nitro benzene ring substituents is 1. The minimum Gasteiger partial charge on any atom is -0.497 e. The molecule has 0 aliphatic carbocycles. The smallest absolute Gasteiger partial charge is 0.328 e. The van der Waals surface area contributed by atoms with E-state index in [1.807, 2.05) is 5.32 Å². The third kappa shape index (κ3) is 5.55. The zero-order chi connectivity index (χ0) is 24.1. The molecule has 0 heterocycles. The van der Waals surface area contributed by atoms with Gasteiger partial charge in [0.1, 0.15) is 12.4 Å². The number of benzene rings is 2. The van der Waals surface area contributed by atoms with Gasteiger partial charge in [-0.05, 0) is 23.8 Å². The molecule has 0 fully saturated rings. The van der Waals surface area contributed by atoms with Gasteiger partial charge in [0.05, 0.1) is 25.1 Å². The van der Waals surface area contributed by atoms with E-state index in [1.54, 1.807) is 24.3 Å². The van der Waals surface area contributed by atoms with Crippen LogP contribution in [0.1, 0.15) is 15.9 Å². The normalized spacial score (nSPS) is 11.7. The average molecular weight is 460 g/mol. The maximum atomic E-state index is 13.9. The molecular weight excluding hydrogens is 440 g/mol. The molecule has 0 aliphatic rings. The van der Waals surface area contributed by atoms with Crippen molar-refractivity contribution >= 4 is 17.3 Å². The standard InChI is InChI=1S/C19H20F4N4O5/c1-31-13-4-2-11(3-5-13)8-32-15-7-12(17(25)28)6-14(27(29)30)16(15)26-10-19(22,23)18(20,21)9-24/h2-7,26H,8-10,24H2,1H3,(H2,25,28). The van der Waals surface area contributed by atoms with Crippen LogP contribution in [-0.2, 0) is 6.61 Å². The van der Waals surface area contributed by atoms with Crippen LogP contribution in [0.15, 0.2) is 36.4 Å². The predicted octanol–water partition coefficient (Wildman–Crippen LogP) is 2.92. The first-order valence-corrected chi connectivity index (χ1v) is 8.99. The van der Waals surface area contributed by atoms with Gasteiger partial charge in [-0.2, -0.15) is 17.6 Å². The number of amides is 1. The average Bonchev–Trinajstić information content (AvgIpc) is 2.75. The van der Waals surface area contributed by atoms with Gasteiger partial charge in [0, 0.05) is 11.6 Å². The molecule has 0 spiro atoms. The molecule has 5 N–H and O–H groups in total. The van der Waals surface area contributed by atoms with E-state index < -0.39 is 52.9 Å². The summed E-state index contributed by atoms with van der Waals surface area (Å²) in [5, 5.41) is 13.4. The molecule has 0 bridgehead atoms. The summed E-state index contributed by atoms with van der Waals surface area (Å²) in [4.78, 5) is 22.0. The molecule has 0 saturated carbocycles. The Morgan fingerprint density at radius 3 is 2.28 bits per heavy atom. The van der Waals surface area contributed by atoms with Crippen LogP contribution in [0.2, 0.25) is 0 Å². The summed E-state index contributed by atoms with van der Waals surface area (Å²) in [7, 11) is 1.46. The van der Waals surface area contributed by atoms with E-state index >= 15 is 0 Å². The first kappa shape index (κ1) is 24.7. The molecule has 1 amide bonds. The van der Waals surface area contributed by atoms with Crippen molar-refractivity contribution in [1.29, 1.82) is 0 Å². The molecule has 2 aromatic carbocycles. The first-order chi connectivity index (χ1) is 14.9. The zero-order valence-electron chi connectivity index (χ0n) is 16.7. The van der Waals surface area contributed by atoms with E-state index in [1.165, 1.54) is 7.11 Å². The highest BCUT2D eigenvalue weighted by molar-refractivity contribution is 5.95. The van der Waals surface area contributed by atoms with Crippen LogP contribution in [0.4, 0.5) is 28.9 Å². The number of halogens is 4. The number of anilines is 1. The van der Waals surface area contributed by atoms with Crippen molar-refractivity contribution in [3.8, 4) is 11.5 Å². The maximum absolute atomic E-state index is 13.9. The summed E-state index contributed by atoms with van der Waals surface area (Å²) in [6.07, 6.45) is 0. The summed E-state index contributed by atoms with van der Waals surface area (Å²) < 4.78 is 65.2. The Kier molecular flexibility index (Phi) is 7.46. The number of rotatable bonds is 11. The Morgan fingerprint density at radius 2 is 1.78 bits per heavy atom. The number of hydrogen-bond acceptors (Lipinski definition) is 7. The van der Waals surface area contributed by atoms with Crippen molar-refractivity contribution in [3.05, 3.63) is 57.6 Å². The minimum atomic E-state index is -4.63. The summed E-state index contributed by atoms with van der Waals surface area (Å²) in [6.45, 7) is -3.52. The van der Waals surface area contributed by atoms with Gasteiger partial charge in [-0.25, -0.2) is 0 Å². The molecule has 0 atom stereocenters. The number of carbonyl (C=O) groups excluding carboxylic acids is 1. The summed E-state index contributed by atoms with van der Waals surface area (Å²) in [5.41, 5.74) is 8.61. The second-order valence-electron chi connectivity index (χ2n) is 6.59. The molecule has 9 nitrogen and oxygen atoms in total. The van der Waals surface area contributed by atoms with Crippen LogP contribution in [0.3, 0.4) is 0 Å². The molecule has 2 aromatic rings. The lowest BCUT2D eigenvalue weighted by atomic mass is 10.1. The van der Waals surface area contributed by atoms with Crippen molar-refractivity contribution in [2.45, 2.75) is 18.5 Å². The Labute approximate surface area is 179 Å². The summed E-state index contributed by atoms with van der Waals surface area (Å²) >= 11 is 0.